The Morgan fingerprint density at radius 3 is 2.08 bits per heavy atom. The van der Waals surface area contributed by atoms with E-state index in [2.05, 4.69) is 5.32 Å². The third kappa shape index (κ3) is 7.77. The van der Waals surface area contributed by atoms with Crippen molar-refractivity contribution in [3.63, 3.8) is 0 Å². The number of halogens is 2. The molecule has 0 aliphatic heterocycles. The van der Waals surface area contributed by atoms with Crippen molar-refractivity contribution in [3.8, 4) is 0 Å². The fourth-order valence-corrected chi connectivity index (χ4v) is 5.79. The molecular weight excluding hydrogens is 569 g/mol. The maximum absolute atomic E-state index is 14.0. The fourth-order valence-electron chi connectivity index (χ4n) is 4.03. The highest BCUT2D eigenvalue weighted by Gasteiger charge is 2.32. The van der Waals surface area contributed by atoms with Crippen LogP contribution in [0.25, 0.3) is 0 Å². The first-order valence-electron chi connectivity index (χ1n) is 13.2. The maximum atomic E-state index is 14.0. The zero-order chi connectivity index (χ0) is 29.4. The summed E-state index contributed by atoms with van der Waals surface area (Å²) in [6.45, 7) is 6.97. The number of carbonyl (C=O) groups is 2. The monoisotopic (exact) mass is 603 g/mol. The van der Waals surface area contributed by atoms with Gasteiger partial charge in [0.25, 0.3) is 10.0 Å². The largest absolute Gasteiger partial charge is 0.352 e. The number of hydrogen-bond acceptors (Lipinski definition) is 4. The van der Waals surface area contributed by atoms with Gasteiger partial charge in [0, 0.05) is 12.6 Å². The summed E-state index contributed by atoms with van der Waals surface area (Å²) < 4.78 is 28.7. The number of rotatable bonds is 12. The Kier molecular flexibility index (Phi) is 11.0. The van der Waals surface area contributed by atoms with Crippen molar-refractivity contribution < 1.29 is 18.0 Å². The molecule has 0 aromatic heterocycles. The minimum absolute atomic E-state index is 0.0266. The molecule has 0 saturated heterocycles. The van der Waals surface area contributed by atoms with Gasteiger partial charge in [-0.05, 0) is 74.2 Å². The Labute approximate surface area is 247 Å². The molecule has 2 amide bonds. The van der Waals surface area contributed by atoms with E-state index in [9.17, 15) is 18.0 Å². The summed E-state index contributed by atoms with van der Waals surface area (Å²) >= 11 is 12.3. The minimum Gasteiger partial charge on any atom is -0.352 e. The lowest BCUT2D eigenvalue weighted by atomic mass is 10.1. The molecule has 0 aliphatic rings. The Bertz CT molecular complexity index is 1420. The second-order valence-electron chi connectivity index (χ2n) is 9.61. The summed E-state index contributed by atoms with van der Waals surface area (Å²) in [6, 6.07) is 19.0. The molecular formula is C30H35Cl2N3O4S. The summed E-state index contributed by atoms with van der Waals surface area (Å²) in [7, 11) is -4.11. The average Bonchev–Trinajstić information content (AvgIpc) is 2.96. The molecule has 2 atom stereocenters. The molecule has 0 spiro atoms. The van der Waals surface area contributed by atoms with Crippen LogP contribution in [0.15, 0.2) is 77.7 Å². The molecule has 0 heterocycles. The minimum atomic E-state index is -4.11. The van der Waals surface area contributed by atoms with Crippen LogP contribution in [-0.2, 0) is 32.6 Å². The zero-order valence-electron chi connectivity index (χ0n) is 23.1. The molecule has 3 aromatic rings. The molecule has 40 heavy (non-hydrogen) atoms. The van der Waals surface area contributed by atoms with Crippen molar-refractivity contribution in [2.75, 3.05) is 10.8 Å². The Hall–Kier alpha value is -3.07. The molecule has 0 radical (unpaired) electrons. The first-order valence-corrected chi connectivity index (χ1v) is 15.4. The topological polar surface area (TPSA) is 86.8 Å². The molecule has 0 bridgehead atoms. The van der Waals surface area contributed by atoms with Gasteiger partial charge in [-0.2, -0.15) is 0 Å². The highest BCUT2D eigenvalue weighted by Crippen LogP contribution is 2.26. The number of carbonyl (C=O) groups excluding carboxylic acids is 2. The number of benzene rings is 3. The van der Waals surface area contributed by atoms with Gasteiger partial charge in [-0.15, -0.1) is 0 Å². The van der Waals surface area contributed by atoms with Crippen molar-refractivity contribution in [3.05, 3.63) is 94.0 Å². The number of nitrogens with zero attached hydrogens (tertiary/aromatic N) is 2. The number of amides is 2. The Morgan fingerprint density at radius 1 is 0.875 bits per heavy atom. The van der Waals surface area contributed by atoms with Crippen molar-refractivity contribution in [1.82, 2.24) is 10.2 Å². The van der Waals surface area contributed by atoms with Crippen LogP contribution in [0.2, 0.25) is 10.0 Å². The van der Waals surface area contributed by atoms with E-state index in [4.69, 9.17) is 23.2 Å². The van der Waals surface area contributed by atoms with Crippen LogP contribution in [-0.4, -0.2) is 43.8 Å². The molecule has 0 aliphatic carbocycles. The van der Waals surface area contributed by atoms with Crippen LogP contribution in [0.4, 0.5) is 5.69 Å². The third-order valence-electron chi connectivity index (χ3n) is 6.75. The summed E-state index contributed by atoms with van der Waals surface area (Å²) in [5.74, 6) is -0.885. The van der Waals surface area contributed by atoms with E-state index in [0.29, 0.717) is 21.3 Å². The van der Waals surface area contributed by atoms with E-state index in [0.717, 1.165) is 22.7 Å². The van der Waals surface area contributed by atoms with Crippen LogP contribution < -0.4 is 9.62 Å². The quantitative estimate of drug-likeness (QED) is 0.272. The molecule has 1 N–H and O–H groups in total. The van der Waals surface area contributed by atoms with E-state index in [-0.39, 0.29) is 23.4 Å². The predicted molar refractivity (Wildman–Crippen MR) is 161 cm³/mol. The SMILES string of the molecule is CCc1ccc(N(CC(=O)N(Cc2ccc(Cl)c(Cl)c2)[C@H](C)C(=O)N[C@@H](C)CC)S(=O)(=O)c2ccccc2)cc1. The highest BCUT2D eigenvalue weighted by molar-refractivity contribution is 7.92. The average molecular weight is 605 g/mol. The molecule has 10 heteroatoms. The van der Waals surface area contributed by atoms with Gasteiger partial charge >= 0.3 is 0 Å². The van der Waals surface area contributed by atoms with Gasteiger partial charge in [0.15, 0.2) is 0 Å². The molecule has 7 nitrogen and oxygen atoms in total. The van der Waals surface area contributed by atoms with Gasteiger partial charge in [-0.25, -0.2) is 8.42 Å². The van der Waals surface area contributed by atoms with E-state index in [1.54, 1.807) is 55.5 Å². The molecule has 214 valence electrons. The lowest BCUT2D eigenvalue weighted by molar-refractivity contribution is -0.139. The first-order chi connectivity index (χ1) is 19.0. The molecule has 0 unspecified atom stereocenters. The van der Waals surface area contributed by atoms with Gasteiger partial charge in [0.1, 0.15) is 12.6 Å². The summed E-state index contributed by atoms with van der Waals surface area (Å²) in [4.78, 5) is 28.5. The fraction of sp³-hybridized carbons (Fsp3) is 0.333. The summed E-state index contributed by atoms with van der Waals surface area (Å²) in [5.41, 5.74) is 2.03. The highest BCUT2D eigenvalue weighted by atomic mass is 35.5. The van der Waals surface area contributed by atoms with Crippen molar-refractivity contribution in [1.29, 1.82) is 0 Å². The van der Waals surface area contributed by atoms with E-state index in [1.165, 1.54) is 17.0 Å². The predicted octanol–water partition coefficient (Wildman–Crippen LogP) is 6.08. The van der Waals surface area contributed by atoms with Crippen LogP contribution >= 0.6 is 23.2 Å². The molecule has 3 rings (SSSR count). The first kappa shape index (κ1) is 31.5. The van der Waals surface area contributed by atoms with Crippen molar-refractivity contribution >= 4 is 50.7 Å². The lowest BCUT2D eigenvalue weighted by Gasteiger charge is -2.32. The normalized spacial score (nSPS) is 12.8. The second kappa shape index (κ2) is 14.0. The summed E-state index contributed by atoms with van der Waals surface area (Å²) in [5, 5.41) is 3.59. The van der Waals surface area contributed by atoms with Crippen molar-refractivity contribution in [2.45, 2.75) is 64.1 Å². The number of sulfonamides is 1. The molecule has 0 fully saturated rings. The van der Waals surface area contributed by atoms with E-state index < -0.39 is 28.5 Å². The van der Waals surface area contributed by atoms with Gasteiger partial charge in [-0.1, -0.05) is 73.4 Å². The number of aryl methyl sites for hydroxylation is 1. The van der Waals surface area contributed by atoms with Gasteiger partial charge in [0.2, 0.25) is 11.8 Å². The van der Waals surface area contributed by atoms with Crippen LogP contribution in [0.3, 0.4) is 0 Å². The smallest absolute Gasteiger partial charge is 0.264 e. The Morgan fingerprint density at radius 2 is 1.50 bits per heavy atom. The van der Waals surface area contributed by atoms with Gasteiger partial charge in [-0.3, -0.25) is 13.9 Å². The van der Waals surface area contributed by atoms with Gasteiger partial charge in [0.05, 0.1) is 20.6 Å². The Balaban J connectivity index is 2.03. The number of anilines is 1. The van der Waals surface area contributed by atoms with Crippen molar-refractivity contribution in [2.24, 2.45) is 0 Å². The second-order valence-corrected chi connectivity index (χ2v) is 12.3. The number of hydrogen-bond donors (Lipinski definition) is 1. The standard InChI is InChI=1S/C30H35Cl2N3O4S/c1-5-21(3)33-30(37)22(4)34(19-24-14-17-27(31)28(32)18-24)29(36)20-35(25-15-12-23(6-2)13-16-25)40(38,39)26-10-8-7-9-11-26/h7-18,21-22H,5-6,19-20H2,1-4H3,(H,33,37)/t21-,22+/m0/s1. The van der Waals surface area contributed by atoms with E-state index >= 15 is 0 Å². The maximum Gasteiger partial charge on any atom is 0.264 e. The lowest BCUT2D eigenvalue weighted by Crippen LogP contribution is -2.52. The van der Waals surface area contributed by atoms with E-state index in [1.807, 2.05) is 32.9 Å². The van der Waals surface area contributed by atoms with Crippen LogP contribution in [0, 0.1) is 0 Å². The summed E-state index contributed by atoms with van der Waals surface area (Å²) in [6.07, 6.45) is 1.50. The number of nitrogens with one attached hydrogen (secondary N) is 1. The third-order valence-corrected chi connectivity index (χ3v) is 9.28. The zero-order valence-corrected chi connectivity index (χ0v) is 25.4. The van der Waals surface area contributed by atoms with Gasteiger partial charge < -0.3 is 10.2 Å². The van der Waals surface area contributed by atoms with Crippen LogP contribution in [0.5, 0.6) is 0 Å². The molecule has 0 saturated carbocycles. The van der Waals surface area contributed by atoms with Crippen LogP contribution in [0.1, 0.15) is 45.2 Å². The molecule has 3 aromatic carbocycles.